The Morgan fingerprint density at radius 3 is 2.68 bits per heavy atom. The summed E-state index contributed by atoms with van der Waals surface area (Å²) >= 11 is 9.02. The first-order valence-electron chi connectivity index (χ1n) is 9.42. The predicted molar refractivity (Wildman–Crippen MR) is 125 cm³/mol. The molecule has 31 heavy (non-hydrogen) atoms. The van der Waals surface area contributed by atoms with Crippen LogP contribution in [0.4, 0.5) is 0 Å². The van der Waals surface area contributed by atoms with Crippen LogP contribution in [-0.4, -0.2) is 33.5 Å². The second-order valence-corrected chi connectivity index (χ2v) is 8.87. The minimum Gasteiger partial charge on any atom is -0.496 e. The van der Waals surface area contributed by atoms with Crippen LogP contribution >= 0.6 is 34.7 Å². The number of amides is 1. The van der Waals surface area contributed by atoms with Crippen LogP contribution in [0.3, 0.4) is 0 Å². The van der Waals surface area contributed by atoms with Gasteiger partial charge in [-0.2, -0.15) is 0 Å². The lowest BCUT2D eigenvalue weighted by Gasteiger charge is -2.12. The smallest absolute Gasteiger partial charge is 0.230 e. The van der Waals surface area contributed by atoms with E-state index in [-0.39, 0.29) is 11.7 Å². The topological polar surface area (TPSA) is 69.0 Å². The van der Waals surface area contributed by atoms with Crippen LogP contribution < -0.4 is 10.1 Å². The molecule has 6 nitrogen and oxygen atoms in total. The summed E-state index contributed by atoms with van der Waals surface area (Å²) < 4.78 is 7.42. The Morgan fingerprint density at radius 1 is 1.13 bits per heavy atom. The summed E-state index contributed by atoms with van der Waals surface area (Å²) in [6, 6.07) is 19.0. The second-order valence-electron chi connectivity index (χ2n) is 6.46. The zero-order valence-corrected chi connectivity index (χ0v) is 19.0. The molecule has 0 bridgehead atoms. The molecule has 0 aliphatic heterocycles. The van der Waals surface area contributed by atoms with E-state index in [1.807, 2.05) is 70.6 Å². The molecule has 158 valence electrons. The number of methoxy groups -OCH3 is 1. The quantitative estimate of drug-likeness (QED) is 0.364. The average molecular weight is 471 g/mol. The van der Waals surface area contributed by atoms with Gasteiger partial charge in [0.1, 0.15) is 5.75 Å². The first-order chi connectivity index (χ1) is 15.2. The fraction of sp³-hybridized carbons (Fsp3) is 0.136. The van der Waals surface area contributed by atoms with Crippen molar-refractivity contribution in [2.45, 2.75) is 11.7 Å². The molecule has 0 unspecified atom stereocenters. The number of benzene rings is 2. The highest BCUT2D eigenvalue weighted by atomic mass is 35.5. The summed E-state index contributed by atoms with van der Waals surface area (Å²) in [7, 11) is 1.62. The van der Waals surface area contributed by atoms with E-state index in [0.717, 1.165) is 16.1 Å². The van der Waals surface area contributed by atoms with Gasteiger partial charge in [0, 0.05) is 15.6 Å². The molecule has 1 amide bonds. The number of rotatable bonds is 8. The SMILES string of the molecule is COc1ccccc1-c1nnc(SCC(=O)NCc2cccs2)n1-c1ccc(Cl)cc1. The van der Waals surface area contributed by atoms with Crippen molar-refractivity contribution in [2.75, 3.05) is 12.9 Å². The lowest BCUT2D eigenvalue weighted by atomic mass is 10.2. The van der Waals surface area contributed by atoms with Crippen LogP contribution in [0, 0.1) is 0 Å². The minimum atomic E-state index is -0.0668. The van der Waals surface area contributed by atoms with Gasteiger partial charge in [0.05, 0.1) is 25.0 Å². The van der Waals surface area contributed by atoms with E-state index in [0.29, 0.717) is 28.3 Å². The number of nitrogens with zero attached hydrogens (tertiary/aromatic N) is 3. The van der Waals surface area contributed by atoms with Gasteiger partial charge in [-0.1, -0.05) is 41.6 Å². The van der Waals surface area contributed by atoms with E-state index in [2.05, 4.69) is 15.5 Å². The molecule has 4 rings (SSSR count). The number of nitrogens with one attached hydrogen (secondary N) is 1. The molecule has 0 radical (unpaired) electrons. The van der Waals surface area contributed by atoms with Crippen molar-refractivity contribution >= 4 is 40.6 Å². The fourth-order valence-corrected chi connectivity index (χ4v) is 4.52. The summed E-state index contributed by atoms with van der Waals surface area (Å²) in [5.74, 6) is 1.47. The van der Waals surface area contributed by atoms with Crippen LogP contribution in [0.1, 0.15) is 4.88 Å². The number of thioether (sulfide) groups is 1. The van der Waals surface area contributed by atoms with Crippen molar-refractivity contribution in [2.24, 2.45) is 0 Å². The van der Waals surface area contributed by atoms with E-state index in [1.165, 1.54) is 11.8 Å². The number of halogens is 1. The van der Waals surface area contributed by atoms with Gasteiger partial charge in [-0.05, 0) is 47.8 Å². The van der Waals surface area contributed by atoms with E-state index in [1.54, 1.807) is 18.4 Å². The molecule has 0 spiro atoms. The Labute approximate surface area is 193 Å². The molecule has 9 heteroatoms. The zero-order valence-electron chi connectivity index (χ0n) is 16.6. The Morgan fingerprint density at radius 2 is 1.94 bits per heavy atom. The third kappa shape index (κ3) is 5.10. The molecule has 2 aromatic carbocycles. The monoisotopic (exact) mass is 470 g/mol. The summed E-state index contributed by atoms with van der Waals surface area (Å²) in [5.41, 5.74) is 1.65. The molecule has 0 atom stereocenters. The number of carbonyl (C=O) groups excluding carboxylic acids is 1. The maximum Gasteiger partial charge on any atom is 0.230 e. The second kappa shape index (κ2) is 10.00. The van der Waals surface area contributed by atoms with Crippen LogP contribution in [-0.2, 0) is 11.3 Å². The number of aromatic nitrogens is 3. The van der Waals surface area contributed by atoms with Crippen LogP contribution in [0.5, 0.6) is 5.75 Å². The van der Waals surface area contributed by atoms with Crippen molar-refractivity contribution in [1.29, 1.82) is 0 Å². The largest absolute Gasteiger partial charge is 0.496 e. The first-order valence-corrected chi connectivity index (χ1v) is 11.7. The third-order valence-corrected chi connectivity index (χ3v) is 6.50. The number of hydrogen-bond acceptors (Lipinski definition) is 6. The highest BCUT2D eigenvalue weighted by Crippen LogP contribution is 2.33. The Balaban J connectivity index is 1.60. The predicted octanol–water partition coefficient (Wildman–Crippen LogP) is 5.07. The van der Waals surface area contributed by atoms with Crippen LogP contribution in [0.15, 0.2) is 71.2 Å². The lowest BCUT2D eigenvalue weighted by Crippen LogP contribution is -2.24. The van der Waals surface area contributed by atoms with E-state index in [9.17, 15) is 4.79 Å². The molecule has 0 saturated carbocycles. The maximum absolute atomic E-state index is 12.4. The average Bonchev–Trinajstić information content (AvgIpc) is 3.47. The summed E-state index contributed by atoms with van der Waals surface area (Å²) in [4.78, 5) is 13.5. The van der Waals surface area contributed by atoms with Gasteiger partial charge < -0.3 is 10.1 Å². The van der Waals surface area contributed by atoms with Gasteiger partial charge in [-0.15, -0.1) is 21.5 Å². The highest BCUT2D eigenvalue weighted by Gasteiger charge is 2.19. The standard InChI is InChI=1S/C22H19ClN4O2S2/c1-29-19-7-3-2-6-18(19)21-25-26-22(27(21)16-10-8-15(23)9-11-16)31-14-20(28)24-13-17-5-4-12-30-17/h2-12H,13-14H2,1H3,(H,24,28). The number of thiophene rings is 1. The van der Waals surface area contributed by atoms with Crippen molar-refractivity contribution in [3.8, 4) is 22.8 Å². The summed E-state index contributed by atoms with van der Waals surface area (Å²) in [6.45, 7) is 0.521. The normalized spacial score (nSPS) is 10.8. The number of carbonyl (C=O) groups is 1. The fourth-order valence-electron chi connectivity index (χ4n) is 2.97. The van der Waals surface area contributed by atoms with Gasteiger partial charge in [0.2, 0.25) is 5.91 Å². The zero-order chi connectivity index (χ0) is 21.6. The molecule has 0 aliphatic carbocycles. The lowest BCUT2D eigenvalue weighted by molar-refractivity contribution is -0.118. The van der Waals surface area contributed by atoms with Gasteiger partial charge in [-0.25, -0.2) is 0 Å². The molecule has 1 N–H and O–H groups in total. The number of hydrogen-bond donors (Lipinski definition) is 1. The summed E-state index contributed by atoms with van der Waals surface area (Å²) in [6.07, 6.45) is 0. The van der Waals surface area contributed by atoms with Crippen molar-refractivity contribution < 1.29 is 9.53 Å². The van der Waals surface area contributed by atoms with Gasteiger partial charge in [-0.3, -0.25) is 9.36 Å². The Hall–Kier alpha value is -2.81. The van der Waals surface area contributed by atoms with E-state index < -0.39 is 0 Å². The Bertz CT molecular complexity index is 1160. The third-order valence-electron chi connectivity index (χ3n) is 4.44. The molecule has 4 aromatic rings. The molecule has 2 heterocycles. The van der Waals surface area contributed by atoms with E-state index >= 15 is 0 Å². The molecule has 0 fully saturated rings. The van der Waals surface area contributed by atoms with Crippen LogP contribution in [0.25, 0.3) is 17.1 Å². The van der Waals surface area contributed by atoms with Gasteiger partial charge in [0.25, 0.3) is 0 Å². The molecule has 2 aromatic heterocycles. The summed E-state index contributed by atoms with van der Waals surface area (Å²) in [5, 5.41) is 14.9. The number of para-hydroxylation sites is 1. The van der Waals surface area contributed by atoms with Gasteiger partial charge in [0.15, 0.2) is 11.0 Å². The van der Waals surface area contributed by atoms with Crippen LogP contribution in [0.2, 0.25) is 5.02 Å². The minimum absolute atomic E-state index is 0.0668. The Kier molecular flexibility index (Phi) is 6.91. The highest BCUT2D eigenvalue weighted by molar-refractivity contribution is 7.99. The van der Waals surface area contributed by atoms with Crippen molar-refractivity contribution in [1.82, 2.24) is 20.1 Å². The maximum atomic E-state index is 12.4. The van der Waals surface area contributed by atoms with E-state index in [4.69, 9.17) is 16.3 Å². The molecule has 0 saturated heterocycles. The molecular formula is C22H19ClN4O2S2. The first kappa shape index (κ1) is 21.4. The molecule has 0 aliphatic rings. The molecular weight excluding hydrogens is 452 g/mol. The number of ether oxygens (including phenoxy) is 1. The van der Waals surface area contributed by atoms with Crippen molar-refractivity contribution in [3.63, 3.8) is 0 Å². The van der Waals surface area contributed by atoms with Crippen molar-refractivity contribution in [3.05, 3.63) is 75.9 Å². The van der Waals surface area contributed by atoms with Gasteiger partial charge >= 0.3 is 0 Å².